The summed E-state index contributed by atoms with van der Waals surface area (Å²) >= 11 is 7.67. The van der Waals surface area contributed by atoms with Crippen molar-refractivity contribution in [1.29, 1.82) is 0 Å². The summed E-state index contributed by atoms with van der Waals surface area (Å²) in [5.74, 6) is -1.48. The summed E-state index contributed by atoms with van der Waals surface area (Å²) in [6.45, 7) is 0. The molecule has 2 fully saturated rings. The van der Waals surface area contributed by atoms with Gasteiger partial charge in [-0.25, -0.2) is 21.6 Å². The second-order valence-corrected chi connectivity index (χ2v) is 13.7. The summed E-state index contributed by atoms with van der Waals surface area (Å²) in [5, 5.41) is 2.60. The molecule has 204 valence electrons. The molecule has 3 aromatic carbocycles. The summed E-state index contributed by atoms with van der Waals surface area (Å²) in [5.41, 5.74) is -0.902. The highest BCUT2D eigenvalue weighted by Gasteiger charge is 2.60. The number of benzene rings is 3. The topological polar surface area (TPSA) is 66.5 Å². The SMILES string of the molecule is O=C(Nc1cc(Cl)ccc1F)c1ccc2c(c1F)C1(CCSCC1)C(C1CC1)N2S(=O)(=O)c1ccc(F)cc1. The monoisotopic (exact) mass is 592 g/mol. The molecule has 5 nitrogen and oxygen atoms in total. The van der Waals surface area contributed by atoms with Crippen LogP contribution in [-0.2, 0) is 15.4 Å². The predicted octanol–water partition coefficient (Wildman–Crippen LogP) is 6.76. The molecule has 6 rings (SSSR count). The minimum atomic E-state index is -4.18. The molecule has 1 amide bonds. The molecule has 2 aliphatic heterocycles. The molecule has 11 heteroatoms. The largest absolute Gasteiger partial charge is 0.319 e. The highest BCUT2D eigenvalue weighted by atomic mass is 35.5. The van der Waals surface area contributed by atoms with Crippen molar-refractivity contribution in [2.45, 2.75) is 42.0 Å². The molecular formula is C28H24ClF3N2O3S2. The zero-order valence-corrected chi connectivity index (χ0v) is 23.0. The van der Waals surface area contributed by atoms with Crippen LogP contribution in [0, 0.1) is 23.4 Å². The van der Waals surface area contributed by atoms with Crippen LogP contribution in [-0.4, -0.2) is 31.9 Å². The van der Waals surface area contributed by atoms with Gasteiger partial charge in [0.1, 0.15) is 17.5 Å². The van der Waals surface area contributed by atoms with Crippen LogP contribution in [0.1, 0.15) is 41.6 Å². The second kappa shape index (κ2) is 9.74. The van der Waals surface area contributed by atoms with Gasteiger partial charge in [-0.2, -0.15) is 11.8 Å². The quantitative estimate of drug-likeness (QED) is 0.355. The number of carbonyl (C=O) groups excluding carboxylic acids is 1. The van der Waals surface area contributed by atoms with Crippen LogP contribution in [0.5, 0.6) is 0 Å². The van der Waals surface area contributed by atoms with Gasteiger partial charge in [-0.3, -0.25) is 9.10 Å². The Morgan fingerprint density at radius 3 is 2.36 bits per heavy atom. The number of nitrogens with one attached hydrogen (secondary N) is 1. The molecule has 1 saturated carbocycles. The molecule has 0 aromatic heterocycles. The second-order valence-electron chi connectivity index (χ2n) is 10.2. The van der Waals surface area contributed by atoms with Crippen molar-refractivity contribution in [2.24, 2.45) is 5.92 Å². The lowest BCUT2D eigenvalue weighted by Crippen LogP contribution is -2.50. The number of amides is 1. The lowest BCUT2D eigenvalue weighted by Gasteiger charge is -2.41. The zero-order chi connectivity index (χ0) is 27.5. The number of hydrogen-bond acceptors (Lipinski definition) is 4. The Kier molecular flexibility index (Phi) is 6.63. The lowest BCUT2D eigenvalue weighted by atomic mass is 9.70. The molecule has 1 aliphatic carbocycles. The van der Waals surface area contributed by atoms with Crippen molar-refractivity contribution in [2.75, 3.05) is 21.1 Å². The number of thioether (sulfide) groups is 1. The van der Waals surface area contributed by atoms with Crippen molar-refractivity contribution in [1.82, 2.24) is 0 Å². The van der Waals surface area contributed by atoms with E-state index in [1.807, 2.05) is 0 Å². The van der Waals surface area contributed by atoms with E-state index in [4.69, 9.17) is 11.6 Å². The lowest BCUT2D eigenvalue weighted by molar-refractivity contribution is 0.102. The van der Waals surface area contributed by atoms with E-state index in [0.717, 1.165) is 42.5 Å². The standard InChI is InChI=1S/C28H24ClF3N2O3S2/c29-17-3-9-21(31)22(15-17)33-27(35)20-8-10-23-24(25(20)32)28(11-13-38-14-12-28)26(16-1-2-16)34(23)39(36,37)19-6-4-18(30)5-7-19/h3-10,15-16,26H,1-2,11-14H2,(H,33,35). The van der Waals surface area contributed by atoms with Gasteiger partial charge in [0.05, 0.1) is 27.9 Å². The van der Waals surface area contributed by atoms with Gasteiger partial charge < -0.3 is 5.32 Å². The van der Waals surface area contributed by atoms with Gasteiger partial charge in [0.25, 0.3) is 15.9 Å². The Morgan fingerprint density at radius 1 is 1.00 bits per heavy atom. The first kappa shape index (κ1) is 26.5. The fourth-order valence-electron chi connectivity index (χ4n) is 6.04. The van der Waals surface area contributed by atoms with E-state index in [1.165, 1.54) is 40.7 Å². The fourth-order valence-corrected chi connectivity index (χ4v) is 9.22. The van der Waals surface area contributed by atoms with E-state index in [0.29, 0.717) is 12.8 Å². The number of sulfonamides is 1. The Hall–Kier alpha value is -2.69. The first-order valence-corrected chi connectivity index (χ1v) is 15.6. The van der Waals surface area contributed by atoms with Crippen LogP contribution >= 0.6 is 23.4 Å². The predicted molar refractivity (Wildman–Crippen MR) is 147 cm³/mol. The van der Waals surface area contributed by atoms with Gasteiger partial charge in [-0.1, -0.05) is 11.6 Å². The van der Waals surface area contributed by atoms with E-state index in [1.54, 1.807) is 11.8 Å². The molecule has 0 radical (unpaired) electrons. The van der Waals surface area contributed by atoms with Crippen molar-refractivity contribution >= 4 is 50.7 Å². The molecule has 3 aliphatic rings. The molecule has 2 heterocycles. The summed E-state index contributed by atoms with van der Waals surface area (Å²) in [7, 11) is -4.18. The van der Waals surface area contributed by atoms with Crippen molar-refractivity contribution in [3.8, 4) is 0 Å². The number of hydrogen-bond donors (Lipinski definition) is 1. The van der Waals surface area contributed by atoms with Gasteiger partial charge >= 0.3 is 0 Å². The molecule has 1 spiro atoms. The van der Waals surface area contributed by atoms with Gasteiger partial charge in [0.15, 0.2) is 0 Å². The van der Waals surface area contributed by atoms with Crippen LogP contribution < -0.4 is 9.62 Å². The summed E-state index contributed by atoms with van der Waals surface area (Å²) in [4.78, 5) is 13.1. The van der Waals surface area contributed by atoms with Gasteiger partial charge in [-0.05, 0) is 97.7 Å². The third kappa shape index (κ3) is 4.40. The minimum absolute atomic E-state index is 0.0351. The summed E-state index contributed by atoms with van der Waals surface area (Å²) < 4.78 is 73.9. The molecule has 1 N–H and O–H groups in total. The number of anilines is 2. The average molecular weight is 593 g/mol. The summed E-state index contributed by atoms with van der Waals surface area (Å²) in [6, 6.07) is 10.5. The van der Waals surface area contributed by atoms with E-state index in [2.05, 4.69) is 5.32 Å². The third-order valence-corrected chi connectivity index (χ3v) is 10.9. The summed E-state index contributed by atoms with van der Waals surface area (Å²) in [6.07, 6.45) is 2.72. The first-order valence-electron chi connectivity index (χ1n) is 12.6. The number of halogens is 4. The molecule has 0 bridgehead atoms. The van der Waals surface area contributed by atoms with E-state index in [9.17, 15) is 22.0 Å². The Labute approximate surface area is 233 Å². The number of nitrogens with zero attached hydrogens (tertiary/aromatic N) is 1. The van der Waals surface area contributed by atoms with Crippen LogP contribution in [0.2, 0.25) is 5.02 Å². The maximum absolute atomic E-state index is 16.6. The number of fused-ring (bicyclic) bond motifs is 2. The number of carbonyl (C=O) groups is 1. The van der Waals surface area contributed by atoms with E-state index < -0.39 is 44.8 Å². The Balaban J connectivity index is 1.50. The molecule has 1 saturated heterocycles. The molecule has 1 atom stereocenters. The van der Waals surface area contributed by atoms with E-state index in [-0.39, 0.29) is 38.3 Å². The van der Waals surface area contributed by atoms with Gasteiger partial charge in [-0.15, -0.1) is 0 Å². The van der Waals surface area contributed by atoms with Crippen LogP contribution in [0.4, 0.5) is 24.5 Å². The van der Waals surface area contributed by atoms with Crippen molar-refractivity contribution in [3.05, 3.63) is 88.2 Å². The highest BCUT2D eigenvalue weighted by Crippen LogP contribution is 2.60. The highest BCUT2D eigenvalue weighted by molar-refractivity contribution is 7.99. The van der Waals surface area contributed by atoms with Crippen molar-refractivity contribution < 1.29 is 26.4 Å². The average Bonchev–Trinajstić information content (AvgIpc) is 3.70. The zero-order valence-electron chi connectivity index (χ0n) is 20.6. The molecular weight excluding hydrogens is 569 g/mol. The maximum atomic E-state index is 16.6. The number of rotatable bonds is 5. The Bertz CT molecular complexity index is 1570. The van der Waals surface area contributed by atoms with Crippen LogP contribution in [0.15, 0.2) is 59.5 Å². The van der Waals surface area contributed by atoms with Gasteiger partial charge in [0.2, 0.25) is 0 Å². The van der Waals surface area contributed by atoms with Crippen LogP contribution in [0.3, 0.4) is 0 Å². The van der Waals surface area contributed by atoms with E-state index >= 15 is 4.39 Å². The smallest absolute Gasteiger partial charge is 0.264 e. The van der Waals surface area contributed by atoms with Crippen LogP contribution in [0.25, 0.3) is 0 Å². The minimum Gasteiger partial charge on any atom is -0.319 e. The molecule has 39 heavy (non-hydrogen) atoms. The Morgan fingerprint density at radius 2 is 1.69 bits per heavy atom. The van der Waals surface area contributed by atoms with Gasteiger partial charge in [0, 0.05) is 16.0 Å². The molecule has 3 aromatic rings. The third-order valence-electron chi connectivity index (χ3n) is 7.92. The fraction of sp³-hybridized carbons (Fsp3) is 0.321. The normalized spacial score (nSPS) is 20.2. The first-order chi connectivity index (χ1) is 18.6. The van der Waals surface area contributed by atoms with Crippen molar-refractivity contribution in [3.63, 3.8) is 0 Å². The maximum Gasteiger partial charge on any atom is 0.264 e. The molecule has 1 unspecified atom stereocenters.